The van der Waals surface area contributed by atoms with E-state index in [2.05, 4.69) is 59.1 Å². The van der Waals surface area contributed by atoms with Crippen LogP contribution in [0.4, 0.5) is 4.39 Å². The number of piperidine rings is 1. The molecule has 5 rings (SSSR count). The molecule has 1 aliphatic rings. The minimum Gasteiger partial charge on any atom is -0.341 e. The second kappa shape index (κ2) is 9.55. The van der Waals surface area contributed by atoms with Gasteiger partial charge in [0, 0.05) is 41.0 Å². The molecule has 1 fully saturated rings. The van der Waals surface area contributed by atoms with Gasteiger partial charge in [-0.1, -0.05) is 50.7 Å². The standard InChI is InChI=1S/C27H32FN5S/c1-18(2)34-27-30-29-26(33(27)21-8-6-5-7-9-21)25-23(17-32-14-12-19(3)13-15-32)22-16-20(28)10-11-24(22)31(25)4/h5-11,16,18-19H,12-15,17H2,1-4H3. The van der Waals surface area contributed by atoms with Crippen LogP contribution < -0.4 is 0 Å². The normalized spacial score (nSPS) is 15.6. The summed E-state index contributed by atoms with van der Waals surface area (Å²) in [5, 5.41) is 11.5. The molecule has 2 aromatic carbocycles. The van der Waals surface area contributed by atoms with E-state index in [-0.39, 0.29) is 5.82 Å². The maximum absolute atomic E-state index is 14.4. The molecule has 2 aromatic heterocycles. The van der Waals surface area contributed by atoms with Gasteiger partial charge in [-0.3, -0.25) is 9.47 Å². The SMILES string of the molecule is CC1CCN(Cc2c(-c3nnc(SC(C)C)n3-c3ccccc3)n(C)c3ccc(F)cc23)CC1. The van der Waals surface area contributed by atoms with Crippen molar-refractivity contribution in [2.24, 2.45) is 13.0 Å². The number of thioether (sulfide) groups is 1. The molecule has 3 heterocycles. The number of hydrogen-bond acceptors (Lipinski definition) is 4. The molecule has 0 unspecified atom stereocenters. The third-order valence-corrected chi connectivity index (χ3v) is 7.67. The quantitative estimate of drug-likeness (QED) is 0.306. The van der Waals surface area contributed by atoms with Crippen molar-refractivity contribution >= 4 is 22.7 Å². The average molecular weight is 478 g/mol. The van der Waals surface area contributed by atoms with Gasteiger partial charge in [0.1, 0.15) is 5.82 Å². The second-order valence-electron chi connectivity index (χ2n) is 9.65. The fourth-order valence-corrected chi connectivity index (χ4v) is 5.71. The Hall–Kier alpha value is -2.64. The van der Waals surface area contributed by atoms with Gasteiger partial charge in [-0.15, -0.1) is 10.2 Å². The van der Waals surface area contributed by atoms with Gasteiger partial charge >= 0.3 is 0 Å². The third kappa shape index (κ3) is 4.39. The Bertz CT molecular complexity index is 1290. The van der Waals surface area contributed by atoms with Gasteiger partial charge in [0.05, 0.1) is 5.69 Å². The van der Waals surface area contributed by atoms with Crippen LogP contribution >= 0.6 is 11.8 Å². The van der Waals surface area contributed by atoms with Crippen LogP contribution in [0.5, 0.6) is 0 Å². The third-order valence-electron chi connectivity index (χ3n) is 6.72. The number of nitrogens with zero attached hydrogens (tertiary/aromatic N) is 5. The predicted octanol–water partition coefficient (Wildman–Crippen LogP) is 6.30. The van der Waals surface area contributed by atoms with Crippen LogP contribution in [0.1, 0.15) is 39.2 Å². The largest absolute Gasteiger partial charge is 0.341 e. The van der Waals surface area contributed by atoms with Crippen molar-refractivity contribution in [2.75, 3.05) is 13.1 Å². The molecular weight excluding hydrogens is 445 g/mol. The number of benzene rings is 2. The number of para-hydroxylation sites is 1. The maximum atomic E-state index is 14.4. The topological polar surface area (TPSA) is 38.9 Å². The van der Waals surface area contributed by atoms with Crippen LogP contribution in [0.15, 0.2) is 53.7 Å². The lowest BCUT2D eigenvalue weighted by Crippen LogP contribution is -2.32. The highest BCUT2D eigenvalue weighted by Crippen LogP contribution is 2.37. The first kappa shape index (κ1) is 23.1. The molecule has 178 valence electrons. The number of halogens is 1. The number of fused-ring (bicyclic) bond motifs is 1. The first-order valence-corrected chi connectivity index (χ1v) is 13.0. The van der Waals surface area contributed by atoms with E-state index in [1.165, 1.54) is 12.8 Å². The summed E-state index contributed by atoms with van der Waals surface area (Å²) in [5.74, 6) is 1.35. The number of aromatic nitrogens is 4. The van der Waals surface area contributed by atoms with E-state index < -0.39 is 0 Å². The summed E-state index contributed by atoms with van der Waals surface area (Å²) in [7, 11) is 2.05. The minimum atomic E-state index is -0.209. The summed E-state index contributed by atoms with van der Waals surface area (Å²) in [6, 6.07) is 15.4. The summed E-state index contributed by atoms with van der Waals surface area (Å²) in [4.78, 5) is 2.50. The highest BCUT2D eigenvalue weighted by atomic mass is 32.2. The zero-order valence-electron chi connectivity index (χ0n) is 20.3. The van der Waals surface area contributed by atoms with Crippen molar-refractivity contribution in [2.45, 2.75) is 50.6 Å². The highest BCUT2D eigenvalue weighted by molar-refractivity contribution is 7.99. The summed E-state index contributed by atoms with van der Waals surface area (Å²) < 4.78 is 18.7. The summed E-state index contributed by atoms with van der Waals surface area (Å²) in [6.45, 7) is 9.55. The Kier molecular flexibility index (Phi) is 6.49. The molecular formula is C27H32FN5S. The van der Waals surface area contributed by atoms with Crippen LogP contribution in [-0.2, 0) is 13.6 Å². The summed E-state index contributed by atoms with van der Waals surface area (Å²) in [5.41, 5.74) is 4.17. The van der Waals surface area contributed by atoms with Gasteiger partial charge < -0.3 is 4.57 Å². The molecule has 0 saturated carbocycles. The molecule has 1 saturated heterocycles. The zero-order chi connectivity index (χ0) is 23.8. The van der Waals surface area contributed by atoms with E-state index in [1.807, 2.05) is 24.3 Å². The number of likely N-dealkylation sites (tertiary alicyclic amines) is 1. The summed E-state index contributed by atoms with van der Waals surface area (Å²) in [6.07, 6.45) is 2.40. The Morgan fingerprint density at radius 3 is 2.50 bits per heavy atom. The molecule has 0 radical (unpaired) electrons. The maximum Gasteiger partial charge on any atom is 0.196 e. The van der Waals surface area contributed by atoms with Gasteiger partial charge in [0.25, 0.3) is 0 Å². The smallest absolute Gasteiger partial charge is 0.196 e. The van der Waals surface area contributed by atoms with Crippen LogP contribution in [0.25, 0.3) is 28.1 Å². The van der Waals surface area contributed by atoms with Crippen LogP contribution in [0.3, 0.4) is 0 Å². The zero-order valence-corrected chi connectivity index (χ0v) is 21.1. The van der Waals surface area contributed by atoms with E-state index in [0.717, 1.165) is 64.4 Å². The molecule has 0 atom stereocenters. The van der Waals surface area contributed by atoms with E-state index in [9.17, 15) is 4.39 Å². The molecule has 4 aromatic rings. The van der Waals surface area contributed by atoms with Gasteiger partial charge in [0.15, 0.2) is 11.0 Å². The van der Waals surface area contributed by atoms with Crippen LogP contribution in [0.2, 0.25) is 0 Å². The number of rotatable bonds is 6. The van der Waals surface area contributed by atoms with Crippen LogP contribution in [-0.4, -0.2) is 42.6 Å². The Balaban J connectivity index is 1.71. The Morgan fingerprint density at radius 1 is 1.06 bits per heavy atom. The molecule has 0 N–H and O–H groups in total. The van der Waals surface area contributed by atoms with E-state index >= 15 is 0 Å². The molecule has 0 amide bonds. The van der Waals surface area contributed by atoms with E-state index in [4.69, 9.17) is 5.10 Å². The van der Waals surface area contributed by atoms with Gasteiger partial charge in [-0.05, 0) is 62.2 Å². The first-order valence-electron chi connectivity index (χ1n) is 12.1. The lowest BCUT2D eigenvalue weighted by Gasteiger charge is -2.30. The molecule has 1 aliphatic heterocycles. The lowest BCUT2D eigenvalue weighted by molar-refractivity contribution is 0.186. The van der Waals surface area contributed by atoms with Crippen LogP contribution in [0, 0.1) is 11.7 Å². The van der Waals surface area contributed by atoms with Crippen molar-refractivity contribution in [1.29, 1.82) is 0 Å². The Labute approximate surface area is 205 Å². The fraction of sp³-hybridized carbons (Fsp3) is 0.407. The van der Waals surface area contributed by atoms with Gasteiger partial charge in [-0.2, -0.15) is 0 Å². The molecule has 7 heteroatoms. The molecule has 0 bridgehead atoms. The Morgan fingerprint density at radius 2 is 1.79 bits per heavy atom. The van der Waals surface area contributed by atoms with Crippen molar-refractivity contribution in [1.82, 2.24) is 24.2 Å². The predicted molar refractivity (Wildman–Crippen MR) is 138 cm³/mol. The molecule has 5 nitrogen and oxygen atoms in total. The summed E-state index contributed by atoms with van der Waals surface area (Å²) >= 11 is 1.70. The van der Waals surface area contributed by atoms with Crippen molar-refractivity contribution in [3.63, 3.8) is 0 Å². The highest BCUT2D eigenvalue weighted by Gasteiger charge is 2.27. The average Bonchev–Trinajstić information content (AvgIpc) is 3.33. The van der Waals surface area contributed by atoms with Crippen molar-refractivity contribution < 1.29 is 4.39 Å². The second-order valence-corrected chi connectivity index (χ2v) is 11.2. The molecule has 0 aliphatic carbocycles. The fourth-order valence-electron chi connectivity index (χ4n) is 4.90. The van der Waals surface area contributed by atoms with Gasteiger partial charge in [-0.25, -0.2) is 4.39 Å². The monoisotopic (exact) mass is 477 g/mol. The van der Waals surface area contributed by atoms with Gasteiger partial charge in [0.2, 0.25) is 0 Å². The number of hydrogen-bond donors (Lipinski definition) is 0. The first-order chi connectivity index (χ1) is 16.4. The van der Waals surface area contributed by atoms with E-state index in [0.29, 0.717) is 5.25 Å². The minimum absolute atomic E-state index is 0.209. The van der Waals surface area contributed by atoms with Crippen molar-refractivity contribution in [3.8, 4) is 17.2 Å². The number of aryl methyl sites for hydroxylation is 1. The van der Waals surface area contributed by atoms with Crippen molar-refractivity contribution in [3.05, 3.63) is 59.9 Å². The molecule has 0 spiro atoms. The van der Waals surface area contributed by atoms with E-state index in [1.54, 1.807) is 23.9 Å². The lowest BCUT2D eigenvalue weighted by atomic mass is 9.98. The molecule has 34 heavy (non-hydrogen) atoms.